The molecule has 1 aromatic rings. The Balaban J connectivity index is 1.80. The number of hydrogen-bond acceptors (Lipinski definition) is 4. The average molecular weight is 292 g/mol. The van der Waals surface area contributed by atoms with Crippen molar-refractivity contribution in [2.75, 3.05) is 13.2 Å². The van der Waals surface area contributed by atoms with Crippen LogP contribution in [0.1, 0.15) is 39.2 Å². The van der Waals surface area contributed by atoms with Crippen molar-refractivity contribution in [2.24, 2.45) is 0 Å². The number of carbonyl (C=O) groups is 1. The summed E-state index contributed by atoms with van der Waals surface area (Å²) >= 11 is 0. The van der Waals surface area contributed by atoms with Crippen LogP contribution in [0.4, 0.5) is 4.79 Å². The highest BCUT2D eigenvalue weighted by molar-refractivity contribution is 5.68. The van der Waals surface area contributed by atoms with E-state index in [-0.39, 0.29) is 12.1 Å². The Labute approximate surface area is 126 Å². The van der Waals surface area contributed by atoms with Gasteiger partial charge in [-0.1, -0.05) is 0 Å². The van der Waals surface area contributed by atoms with Gasteiger partial charge in [0.2, 0.25) is 0 Å². The van der Waals surface area contributed by atoms with Gasteiger partial charge in [0.1, 0.15) is 5.60 Å². The van der Waals surface area contributed by atoms with Crippen LogP contribution in [-0.4, -0.2) is 40.8 Å². The summed E-state index contributed by atoms with van der Waals surface area (Å²) in [6.45, 7) is 7.49. The maximum absolute atomic E-state index is 12.1. The van der Waals surface area contributed by atoms with E-state index in [0.717, 1.165) is 24.9 Å². The first kappa shape index (κ1) is 15.8. The highest BCUT2D eigenvalue weighted by Crippen LogP contribution is 2.21. The van der Waals surface area contributed by atoms with Gasteiger partial charge in [-0.2, -0.15) is 0 Å². The fraction of sp³-hybridized carbons (Fsp3) is 0.625. The van der Waals surface area contributed by atoms with E-state index in [1.807, 2.05) is 32.9 Å². The molecule has 0 aromatic carbocycles. The van der Waals surface area contributed by atoms with Crippen LogP contribution in [0.15, 0.2) is 24.5 Å². The van der Waals surface area contributed by atoms with Crippen LogP contribution in [0.25, 0.3) is 0 Å². The summed E-state index contributed by atoms with van der Waals surface area (Å²) < 4.78 is 11.2. The maximum atomic E-state index is 12.1. The van der Waals surface area contributed by atoms with Gasteiger partial charge in [0.05, 0.1) is 19.3 Å². The number of pyridine rings is 1. The molecule has 0 unspecified atom stereocenters. The Hall–Kier alpha value is -1.62. The van der Waals surface area contributed by atoms with Crippen molar-refractivity contribution in [3.63, 3.8) is 0 Å². The highest BCUT2D eigenvalue weighted by Gasteiger charge is 2.32. The van der Waals surface area contributed by atoms with Gasteiger partial charge in [-0.15, -0.1) is 0 Å². The molecule has 116 valence electrons. The van der Waals surface area contributed by atoms with Gasteiger partial charge < -0.3 is 14.4 Å². The van der Waals surface area contributed by atoms with Gasteiger partial charge in [0, 0.05) is 18.9 Å². The van der Waals surface area contributed by atoms with Crippen molar-refractivity contribution in [3.05, 3.63) is 30.1 Å². The number of nitrogens with zero attached hydrogens (tertiary/aromatic N) is 2. The molecule has 2 heterocycles. The average Bonchev–Trinajstić information content (AvgIpc) is 2.86. The lowest BCUT2D eigenvalue weighted by molar-refractivity contribution is 0.00883. The molecule has 0 radical (unpaired) electrons. The molecule has 0 bridgehead atoms. The normalized spacial score (nSPS) is 18.8. The lowest BCUT2D eigenvalue weighted by Crippen LogP contribution is -2.41. The molecule has 2 rings (SSSR count). The predicted molar refractivity (Wildman–Crippen MR) is 79.9 cm³/mol. The minimum Gasteiger partial charge on any atom is -0.444 e. The number of hydrogen-bond donors (Lipinski definition) is 0. The summed E-state index contributed by atoms with van der Waals surface area (Å²) in [5.74, 6) is 0. The molecule has 0 aliphatic carbocycles. The maximum Gasteiger partial charge on any atom is 0.410 e. The summed E-state index contributed by atoms with van der Waals surface area (Å²) in [7, 11) is 0. The van der Waals surface area contributed by atoms with Gasteiger partial charge in [-0.05, 0) is 51.3 Å². The zero-order valence-corrected chi connectivity index (χ0v) is 13.0. The number of amides is 1. The van der Waals surface area contributed by atoms with Crippen LogP contribution < -0.4 is 0 Å². The Morgan fingerprint density at radius 2 is 2.10 bits per heavy atom. The number of carbonyl (C=O) groups excluding carboxylic acids is 1. The minimum absolute atomic E-state index is 0.113. The van der Waals surface area contributed by atoms with E-state index >= 15 is 0 Å². The van der Waals surface area contributed by atoms with Crippen LogP contribution in [0.5, 0.6) is 0 Å². The summed E-state index contributed by atoms with van der Waals surface area (Å²) in [5, 5.41) is 0. The third kappa shape index (κ3) is 5.01. The fourth-order valence-corrected chi connectivity index (χ4v) is 2.36. The number of aromatic nitrogens is 1. The van der Waals surface area contributed by atoms with E-state index in [9.17, 15) is 4.79 Å². The lowest BCUT2D eigenvalue weighted by Gasteiger charge is -2.28. The smallest absolute Gasteiger partial charge is 0.410 e. The zero-order valence-electron chi connectivity index (χ0n) is 13.0. The Morgan fingerprint density at radius 1 is 1.38 bits per heavy atom. The van der Waals surface area contributed by atoms with E-state index in [1.165, 1.54) is 0 Å². The molecule has 0 spiro atoms. The number of ether oxygens (including phenoxy) is 2. The third-order valence-electron chi connectivity index (χ3n) is 3.33. The first-order chi connectivity index (χ1) is 9.96. The quantitative estimate of drug-likeness (QED) is 0.856. The van der Waals surface area contributed by atoms with E-state index in [2.05, 4.69) is 4.98 Å². The second-order valence-electron chi connectivity index (χ2n) is 6.34. The van der Waals surface area contributed by atoms with Crippen molar-refractivity contribution in [1.29, 1.82) is 0 Å². The zero-order chi connectivity index (χ0) is 15.3. The summed E-state index contributed by atoms with van der Waals surface area (Å²) in [6.07, 6.45) is 5.23. The second kappa shape index (κ2) is 6.89. The van der Waals surface area contributed by atoms with Gasteiger partial charge in [0.15, 0.2) is 0 Å². The summed E-state index contributed by atoms with van der Waals surface area (Å²) in [4.78, 5) is 17.9. The monoisotopic (exact) mass is 292 g/mol. The predicted octanol–water partition coefficient (Wildman–Crippen LogP) is 3.00. The lowest BCUT2D eigenvalue weighted by atomic mass is 10.2. The van der Waals surface area contributed by atoms with Crippen LogP contribution in [0.2, 0.25) is 0 Å². The molecule has 1 saturated heterocycles. The van der Waals surface area contributed by atoms with Crippen molar-refractivity contribution < 1.29 is 14.3 Å². The molecule has 1 atom stereocenters. The van der Waals surface area contributed by atoms with Gasteiger partial charge >= 0.3 is 6.09 Å². The molecular formula is C16H24N2O3. The van der Waals surface area contributed by atoms with Crippen LogP contribution >= 0.6 is 0 Å². The molecule has 5 heteroatoms. The Kier molecular flexibility index (Phi) is 5.17. The second-order valence-corrected chi connectivity index (χ2v) is 6.34. The first-order valence-corrected chi connectivity index (χ1v) is 7.42. The molecule has 1 aliphatic rings. The molecule has 1 aliphatic heterocycles. The van der Waals surface area contributed by atoms with Crippen molar-refractivity contribution >= 4 is 6.09 Å². The van der Waals surface area contributed by atoms with E-state index in [1.54, 1.807) is 17.3 Å². The molecule has 1 fully saturated rings. The number of likely N-dealkylation sites (tertiary alicyclic amines) is 1. The van der Waals surface area contributed by atoms with Crippen molar-refractivity contribution in [3.8, 4) is 0 Å². The fourth-order valence-electron chi connectivity index (χ4n) is 2.36. The van der Waals surface area contributed by atoms with Crippen LogP contribution in [0, 0.1) is 0 Å². The van der Waals surface area contributed by atoms with E-state index in [0.29, 0.717) is 13.2 Å². The molecule has 0 saturated carbocycles. The molecular weight excluding hydrogens is 268 g/mol. The molecule has 1 amide bonds. The SMILES string of the molecule is CC(C)(C)OC(=O)N1CCC[C@H]1COCc1ccncc1. The van der Waals surface area contributed by atoms with Gasteiger partial charge in [0.25, 0.3) is 0 Å². The largest absolute Gasteiger partial charge is 0.444 e. The topological polar surface area (TPSA) is 51.7 Å². The van der Waals surface area contributed by atoms with Crippen molar-refractivity contribution in [1.82, 2.24) is 9.88 Å². The number of rotatable bonds is 4. The minimum atomic E-state index is -0.456. The van der Waals surface area contributed by atoms with Gasteiger partial charge in [-0.25, -0.2) is 4.79 Å². The molecule has 21 heavy (non-hydrogen) atoms. The van der Waals surface area contributed by atoms with Crippen molar-refractivity contribution in [2.45, 2.75) is 51.9 Å². The first-order valence-electron chi connectivity index (χ1n) is 7.42. The van der Waals surface area contributed by atoms with Crippen LogP contribution in [0.3, 0.4) is 0 Å². The molecule has 5 nitrogen and oxygen atoms in total. The summed E-state index contributed by atoms with van der Waals surface area (Å²) in [5.41, 5.74) is 0.633. The molecule has 0 N–H and O–H groups in total. The standard InChI is InChI=1S/C16H24N2O3/c1-16(2,3)21-15(19)18-10-4-5-14(18)12-20-11-13-6-8-17-9-7-13/h6-9,14H,4-5,10-12H2,1-3H3/t14-/m0/s1. The van der Waals surface area contributed by atoms with E-state index in [4.69, 9.17) is 9.47 Å². The molecule has 1 aromatic heterocycles. The van der Waals surface area contributed by atoms with E-state index < -0.39 is 5.60 Å². The summed E-state index contributed by atoms with van der Waals surface area (Å²) in [6, 6.07) is 3.97. The highest BCUT2D eigenvalue weighted by atomic mass is 16.6. The van der Waals surface area contributed by atoms with Gasteiger partial charge in [-0.3, -0.25) is 4.98 Å². The Bertz CT molecular complexity index is 456. The van der Waals surface area contributed by atoms with Crippen LogP contribution in [-0.2, 0) is 16.1 Å². The Morgan fingerprint density at radius 3 is 2.76 bits per heavy atom. The third-order valence-corrected chi connectivity index (χ3v) is 3.33.